The average Bonchev–Trinajstić information content (AvgIpc) is 3.15. The van der Waals surface area contributed by atoms with Gasteiger partial charge in [0.05, 0.1) is 0 Å². The number of nitrogens with zero attached hydrogens (tertiary/aromatic N) is 1. The molecule has 0 radical (unpaired) electrons. The molecule has 1 aliphatic rings. The van der Waals surface area contributed by atoms with Gasteiger partial charge in [0.1, 0.15) is 11.7 Å². The predicted molar refractivity (Wildman–Crippen MR) is 124 cm³/mol. The van der Waals surface area contributed by atoms with Gasteiger partial charge in [-0.25, -0.2) is 4.39 Å². The highest BCUT2D eigenvalue weighted by Gasteiger charge is 2.37. The summed E-state index contributed by atoms with van der Waals surface area (Å²) in [5.74, 6) is -2.39. The first-order chi connectivity index (χ1) is 15.4. The van der Waals surface area contributed by atoms with Gasteiger partial charge in [-0.15, -0.1) is 0 Å². The summed E-state index contributed by atoms with van der Waals surface area (Å²) >= 11 is 3.39. The lowest BCUT2D eigenvalue weighted by Gasteiger charge is -2.17. The maximum Gasteiger partial charge on any atom is 0.255 e. The number of anilines is 3. The summed E-state index contributed by atoms with van der Waals surface area (Å²) in [7, 11) is 0. The maximum absolute atomic E-state index is 13.3. The highest BCUT2D eigenvalue weighted by Crippen LogP contribution is 2.28. The van der Waals surface area contributed by atoms with Crippen LogP contribution in [0.2, 0.25) is 0 Å². The van der Waals surface area contributed by atoms with Crippen LogP contribution >= 0.6 is 15.9 Å². The number of nitrogens with one attached hydrogen (secondary N) is 2. The van der Waals surface area contributed by atoms with Crippen molar-refractivity contribution in [2.45, 2.75) is 6.42 Å². The molecule has 3 amide bonds. The van der Waals surface area contributed by atoms with Crippen molar-refractivity contribution in [3.8, 4) is 0 Å². The van der Waals surface area contributed by atoms with Crippen molar-refractivity contribution in [1.82, 2.24) is 0 Å². The summed E-state index contributed by atoms with van der Waals surface area (Å²) < 4.78 is 14.2. The zero-order chi connectivity index (χ0) is 22.7. The minimum absolute atomic E-state index is 0.263. The molecule has 0 aromatic heterocycles. The van der Waals surface area contributed by atoms with E-state index < -0.39 is 23.5 Å². The quantitative estimate of drug-likeness (QED) is 0.497. The highest BCUT2D eigenvalue weighted by atomic mass is 79.9. The smallest absolute Gasteiger partial charge is 0.255 e. The van der Waals surface area contributed by atoms with Gasteiger partial charge in [-0.3, -0.25) is 14.4 Å². The monoisotopic (exact) mass is 495 g/mol. The van der Waals surface area contributed by atoms with Gasteiger partial charge in [0.15, 0.2) is 0 Å². The molecule has 0 aliphatic carbocycles. The third-order valence-corrected chi connectivity index (χ3v) is 5.61. The van der Waals surface area contributed by atoms with Crippen LogP contribution in [0.15, 0.2) is 77.3 Å². The van der Waals surface area contributed by atoms with Crippen LogP contribution in [0.3, 0.4) is 0 Å². The molecule has 1 saturated heterocycles. The van der Waals surface area contributed by atoms with Gasteiger partial charge in [-0.1, -0.05) is 34.1 Å². The van der Waals surface area contributed by atoms with E-state index in [1.54, 1.807) is 29.2 Å². The van der Waals surface area contributed by atoms with E-state index in [-0.39, 0.29) is 5.91 Å². The lowest BCUT2D eigenvalue weighted by molar-refractivity contribution is -0.129. The first kappa shape index (κ1) is 21.7. The van der Waals surface area contributed by atoms with Crippen LogP contribution < -0.4 is 15.5 Å². The van der Waals surface area contributed by atoms with Crippen molar-refractivity contribution in [1.29, 1.82) is 0 Å². The largest absolute Gasteiger partial charge is 0.325 e. The third-order valence-electron chi connectivity index (χ3n) is 5.12. The minimum Gasteiger partial charge on any atom is -0.325 e. The van der Waals surface area contributed by atoms with Gasteiger partial charge in [-0.2, -0.15) is 0 Å². The number of benzene rings is 3. The third kappa shape index (κ3) is 4.86. The Balaban J connectivity index is 1.42. The van der Waals surface area contributed by atoms with Crippen LogP contribution in [0, 0.1) is 11.7 Å². The number of hydrogen-bond donors (Lipinski definition) is 2. The van der Waals surface area contributed by atoms with Gasteiger partial charge in [-0.05, 0) is 61.0 Å². The number of halogens is 2. The molecule has 3 aromatic carbocycles. The molecule has 1 heterocycles. The Kier molecular flexibility index (Phi) is 6.32. The molecule has 3 aromatic rings. The van der Waals surface area contributed by atoms with E-state index in [2.05, 4.69) is 26.6 Å². The second-order valence-corrected chi connectivity index (χ2v) is 8.26. The van der Waals surface area contributed by atoms with Crippen LogP contribution in [0.25, 0.3) is 0 Å². The predicted octanol–water partition coefficient (Wildman–Crippen LogP) is 4.83. The average molecular weight is 496 g/mol. The number of amides is 3. The lowest BCUT2D eigenvalue weighted by Crippen LogP contribution is -2.33. The fourth-order valence-corrected chi connectivity index (χ4v) is 3.95. The summed E-state index contributed by atoms with van der Waals surface area (Å²) in [6.07, 6.45) is 0.400. The zero-order valence-electron chi connectivity index (χ0n) is 16.8. The van der Waals surface area contributed by atoms with Crippen LogP contribution in [0.1, 0.15) is 16.8 Å². The molecule has 1 fully saturated rings. The normalized spacial score (nSPS) is 15.5. The molecule has 8 heteroatoms. The molecular formula is C24H19BrFN3O3. The standard InChI is InChI=1S/C24H19BrFN3O3/c25-16-5-2-9-20(13-16)29-11-10-21(24(29)32)23(31)28-18-7-1-4-15(12-18)22(30)27-19-8-3-6-17(26)14-19/h1-9,12-14,21H,10-11H2,(H,27,30)(H,28,31). The molecule has 162 valence electrons. The van der Waals surface area contributed by atoms with Gasteiger partial charge in [0, 0.05) is 33.6 Å². The molecule has 0 spiro atoms. The number of rotatable bonds is 5. The number of carbonyl (C=O) groups excluding carboxylic acids is 3. The molecule has 0 saturated carbocycles. The van der Waals surface area contributed by atoms with E-state index in [1.807, 2.05) is 24.3 Å². The summed E-state index contributed by atoms with van der Waals surface area (Å²) in [6, 6.07) is 19.3. The van der Waals surface area contributed by atoms with Crippen LogP contribution in [0.5, 0.6) is 0 Å². The summed E-state index contributed by atoms with van der Waals surface area (Å²) in [5.41, 5.74) is 1.75. The zero-order valence-corrected chi connectivity index (χ0v) is 18.4. The Labute approximate surface area is 192 Å². The maximum atomic E-state index is 13.3. The van der Waals surface area contributed by atoms with E-state index in [0.29, 0.717) is 29.9 Å². The highest BCUT2D eigenvalue weighted by molar-refractivity contribution is 9.10. The van der Waals surface area contributed by atoms with Crippen LogP contribution in [0.4, 0.5) is 21.5 Å². The second-order valence-electron chi connectivity index (χ2n) is 7.35. The van der Waals surface area contributed by atoms with E-state index in [1.165, 1.54) is 24.3 Å². The Morgan fingerprint density at radius 3 is 2.41 bits per heavy atom. The van der Waals surface area contributed by atoms with Crippen molar-refractivity contribution in [3.63, 3.8) is 0 Å². The Morgan fingerprint density at radius 2 is 1.66 bits per heavy atom. The first-order valence-electron chi connectivity index (χ1n) is 9.95. The van der Waals surface area contributed by atoms with Gasteiger partial charge in [0.2, 0.25) is 11.8 Å². The van der Waals surface area contributed by atoms with E-state index >= 15 is 0 Å². The van der Waals surface area contributed by atoms with Gasteiger partial charge in [0.25, 0.3) is 5.91 Å². The molecule has 32 heavy (non-hydrogen) atoms. The van der Waals surface area contributed by atoms with Crippen LogP contribution in [-0.2, 0) is 9.59 Å². The van der Waals surface area contributed by atoms with E-state index in [0.717, 1.165) is 10.2 Å². The fourth-order valence-electron chi connectivity index (χ4n) is 3.56. The molecule has 6 nitrogen and oxygen atoms in total. The number of hydrogen-bond acceptors (Lipinski definition) is 3. The van der Waals surface area contributed by atoms with E-state index in [9.17, 15) is 18.8 Å². The molecule has 4 rings (SSSR count). The van der Waals surface area contributed by atoms with Crippen molar-refractivity contribution >= 4 is 50.7 Å². The SMILES string of the molecule is O=C(Nc1cccc(F)c1)c1cccc(NC(=O)C2CCN(c3cccc(Br)c3)C2=O)c1. The summed E-state index contributed by atoms with van der Waals surface area (Å²) in [4.78, 5) is 39.7. The fraction of sp³-hybridized carbons (Fsp3) is 0.125. The number of carbonyl (C=O) groups is 3. The van der Waals surface area contributed by atoms with Gasteiger partial charge >= 0.3 is 0 Å². The summed E-state index contributed by atoms with van der Waals surface area (Å²) in [5, 5.41) is 5.34. The molecule has 1 atom stereocenters. The Bertz CT molecular complexity index is 1200. The van der Waals surface area contributed by atoms with Crippen molar-refractivity contribution in [2.75, 3.05) is 22.1 Å². The molecular weight excluding hydrogens is 477 g/mol. The van der Waals surface area contributed by atoms with Crippen molar-refractivity contribution in [3.05, 3.63) is 88.6 Å². The molecule has 0 bridgehead atoms. The van der Waals surface area contributed by atoms with E-state index in [4.69, 9.17) is 0 Å². The van der Waals surface area contributed by atoms with Crippen LogP contribution in [-0.4, -0.2) is 24.3 Å². The minimum atomic E-state index is -0.807. The van der Waals surface area contributed by atoms with Gasteiger partial charge < -0.3 is 15.5 Å². The Hall–Kier alpha value is -3.52. The topological polar surface area (TPSA) is 78.5 Å². The van der Waals surface area contributed by atoms with Crippen molar-refractivity contribution < 1.29 is 18.8 Å². The van der Waals surface area contributed by atoms with Crippen molar-refractivity contribution in [2.24, 2.45) is 5.92 Å². The molecule has 1 aliphatic heterocycles. The Morgan fingerprint density at radius 1 is 0.938 bits per heavy atom. The second kappa shape index (κ2) is 9.32. The first-order valence-corrected chi connectivity index (χ1v) is 10.7. The lowest BCUT2D eigenvalue weighted by atomic mass is 10.1. The summed E-state index contributed by atoms with van der Waals surface area (Å²) in [6.45, 7) is 0.448. The molecule has 1 unspecified atom stereocenters. The molecule has 2 N–H and O–H groups in total.